The summed E-state index contributed by atoms with van der Waals surface area (Å²) in [5.41, 5.74) is 2.45. The summed E-state index contributed by atoms with van der Waals surface area (Å²) >= 11 is 0. The Morgan fingerprint density at radius 2 is 2.00 bits per heavy atom. The van der Waals surface area contributed by atoms with Gasteiger partial charge in [0.1, 0.15) is 11.6 Å². The summed E-state index contributed by atoms with van der Waals surface area (Å²) in [5.74, 6) is -1.06. The van der Waals surface area contributed by atoms with Crippen molar-refractivity contribution >= 4 is 0 Å². The molecule has 4 heteroatoms. The van der Waals surface area contributed by atoms with Crippen LogP contribution in [0.15, 0.2) is 36.5 Å². The van der Waals surface area contributed by atoms with Gasteiger partial charge in [0.2, 0.25) is 0 Å². The van der Waals surface area contributed by atoms with E-state index < -0.39 is 11.6 Å². The van der Waals surface area contributed by atoms with Crippen LogP contribution >= 0.6 is 0 Å². The van der Waals surface area contributed by atoms with Crippen LogP contribution in [0.2, 0.25) is 0 Å². The normalized spacial score (nSPS) is 12.4. The van der Waals surface area contributed by atoms with E-state index >= 15 is 0 Å². The molecule has 0 fully saturated rings. The van der Waals surface area contributed by atoms with Crippen LogP contribution in [-0.2, 0) is 6.42 Å². The number of halogens is 2. The lowest BCUT2D eigenvalue weighted by molar-refractivity contribution is 0.540. The molecule has 1 N–H and O–H groups in total. The summed E-state index contributed by atoms with van der Waals surface area (Å²) in [6.07, 6.45) is 2.20. The maximum absolute atomic E-state index is 13.7. The second kappa shape index (κ2) is 5.89. The number of nitrogens with one attached hydrogen (secondary N) is 1. The molecular formula is C15H16F2N2. The average Bonchev–Trinajstić information content (AvgIpc) is 2.38. The number of hydrogen-bond acceptors (Lipinski definition) is 2. The molecule has 0 aliphatic carbocycles. The van der Waals surface area contributed by atoms with Gasteiger partial charge in [-0.3, -0.25) is 4.98 Å². The SMILES string of the molecule is CNC(Cc1ccc(F)cc1F)c1ccnc(C)c1. The molecule has 0 aliphatic heterocycles. The second-order valence-corrected chi connectivity index (χ2v) is 4.51. The van der Waals surface area contributed by atoms with Gasteiger partial charge in [0.15, 0.2) is 0 Å². The molecule has 1 unspecified atom stereocenters. The molecule has 2 aromatic rings. The van der Waals surface area contributed by atoms with Gasteiger partial charge < -0.3 is 5.32 Å². The van der Waals surface area contributed by atoms with E-state index in [1.54, 1.807) is 6.20 Å². The standard InChI is InChI=1S/C15H16F2N2/c1-10-7-12(5-6-19-10)15(18-2)8-11-3-4-13(16)9-14(11)17/h3-7,9,15,18H,8H2,1-2H3. The average molecular weight is 262 g/mol. The minimum absolute atomic E-state index is 0.0262. The van der Waals surface area contributed by atoms with Gasteiger partial charge in [0.25, 0.3) is 0 Å². The number of nitrogens with zero attached hydrogens (tertiary/aromatic N) is 1. The third-order valence-electron chi connectivity index (χ3n) is 3.11. The first-order chi connectivity index (χ1) is 9.10. The Kier molecular flexibility index (Phi) is 4.22. The van der Waals surface area contributed by atoms with E-state index in [4.69, 9.17) is 0 Å². The molecule has 2 rings (SSSR count). The number of aromatic nitrogens is 1. The van der Waals surface area contributed by atoms with Crippen LogP contribution in [0.3, 0.4) is 0 Å². The van der Waals surface area contributed by atoms with Crippen LogP contribution < -0.4 is 5.32 Å². The first-order valence-electron chi connectivity index (χ1n) is 6.14. The van der Waals surface area contributed by atoms with E-state index in [0.29, 0.717) is 12.0 Å². The van der Waals surface area contributed by atoms with Crippen LogP contribution in [-0.4, -0.2) is 12.0 Å². The van der Waals surface area contributed by atoms with Crippen molar-refractivity contribution < 1.29 is 8.78 Å². The highest BCUT2D eigenvalue weighted by molar-refractivity contribution is 5.25. The van der Waals surface area contributed by atoms with Gasteiger partial charge in [0, 0.05) is 24.0 Å². The lowest BCUT2D eigenvalue weighted by Crippen LogP contribution is -2.19. The molecule has 2 nitrogen and oxygen atoms in total. The van der Waals surface area contributed by atoms with Crippen molar-refractivity contribution in [3.63, 3.8) is 0 Å². The summed E-state index contributed by atoms with van der Waals surface area (Å²) < 4.78 is 26.5. The minimum Gasteiger partial charge on any atom is -0.313 e. The molecule has 0 radical (unpaired) electrons. The molecule has 0 saturated carbocycles. The number of likely N-dealkylation sites (N-methyl/N-ethyl adjacent to an activating group) is 1. The Hall–Kier alpha value is -1.81. The lowest BCUT2D eigenvalue weighted by Gasteiger charge is -2.17. The zero-order valence-electron chi connectivity index (χ0n) is 11.0. The van der Waals surface area contributed by atoms with E-state index in [1.807, 2.05) is 26.1 Å². The number of benzene rings is 1. The van der Waals surface area contributed by atoms with Crippen LogP contribution in [0.25, 0.3) is 0 Å². The van der Waals surface area contributed by atoms with E-state index in [2.05, 4.69) is 10.3 Å². The Morgan fingerprint density at radius 1 is 1.21 bits per heavy atom. The van der Waals surface area contributed by atoms with E-state index in [1.165, 1.54) is 12.1 Å². The molecule has 1 heterocycles. The molecule has 19 heavy (non-hydrogen) atoms. The van der Waals surface area contributed by atoms with E-state index in [9.17, 15) is 8.78 Å². The molecule has 1 atom stereocenters. The van der Waals surface area contributed by atoms with Gasteiger partial charge in [-0.05, 0) is 49.7 Å². The smallest absolute Gasteiger partial charge is 0.129 e. The van der Waals surface area contributed by atoms with Gasteiger partial charge in [0.05, 0.1) is 0 Å². The third kappa shape index (κ3) is 3.35. The predicted octanol–water partition coefficient (Wildman–Crippen LogP) is 3.17. The van der Waals surface area contributed by atoms with E-state index in [-0.39, 0.29) is 6.04 Å². The first kappa shape index (κ1) is 13.6. The van der Waals surface area contributed by atoms with Crippen molar-refractivity contribution in [1.29, 1.82) is 0 Å². The highest BCUT2D eigenvalue weighted by Crippen LogP contribution is 2.20. The Labute approximate surface area is 111 Å². The molecule has 0 spiro atoms. The van der Waals surface area contributed by atoms with Crippen molar-refractivity contribution in [2.75, 3.05) is 7.05 Å². The molecule has 0 amide bonds. The highest BCUT2D eigenvalue weighted by Gasteiger charge is 2.13. The number of aryl methyl sites for hydroxylation is 1. The summed E-state index contributed by atoms with van der Waals surface area (Å²) in [7, 11) is 1.82. The van der Waals surface area contributed by atoms with Crippen LogP contribution in [0, 0.1) is 18.6 Å². The van der Waals surface area contributed by atoms with Gasteiger partial charge in [-0.2, -0.15) is 0 Å². The van der Waals surface area contributed by atoms with Crippen molar-refractivity contribution in [2.24, 2.45) is 0 Å². The van der Waals surface area contributed by atoms with Crippen LogP contribution in [0.5, 0.6) is 0 Å². The Balaban J connectivity index is 2.24. The molecule has 1 aromatic carbocycles. The molecule has 0 aliphatic rings. The number of rotatable bonds is 4. The lowest BCUT2D eigenvalue weighted by atomic mass is 9.99. The summed E-state index contributed by atoms with van der Waals surface area (Å²) in [4.78, 5) is 4.14. The maximum Gasteiger partial charge on any atom is 0.129 e. The molecule has 0 saturated heterocycles. The zero-order valence-corrected chi connectivity index (χ0v) is 11.0. The Morgan fingerprint density at radius 3 is 2.63 bits per heavy atom. The molecule has 100 valence electrons. The maximum atomic E-state index is 13.7. The topological polar surface area (TPSA) is 24.9 Å². The zero-order chi connectivity index (χ0) is 13.8. The second-order valence-electron chi connectivity index (χ2n) is 4.51. The van der Waals surface area contributed by atoms with Crippen LogP contribution in [0.4, 0.5) is 8.78 Å². The predicted molar refractivity (Wildman–Crippen MR) is 70.8 cm³/mol. The van der Waals surface area contributed by atoms with Gasteiger partial charge >= 0.3 is 0 Å². The summed E-state index contributed by atoms with van der Waals surface area (Å²) in [6.45, 7) is 1.91. The van der Waals surface area contributed by atoms with Crippen molar-refractivity contribution in [2.45, 2.75) is 19.4 Å². The van der Waals surface area contributed by atoms with Crippen LogP contribution in [0.1, 0.15) is 22.9 Å². The fourth-order valence-corrected chi connectivity index (χ4v) is 2.08. The largest absolute Gasteiger partial charge is 0.313 e. The summed E-state index contributed by atoms with van der Waals surface area (Å²) in [5, 5.41) is 3.15. The first-order valence-corrected chi connectivity index (χ1v) is 6.14. The molecular weight excluding hydrogens is 246 g/mol. The number of pyridine rings is 1. The minimum atomic E-state index is -0.554. The van der Waals surface area contributed by atoms with Gasteiger partial charge in [-0.15, -0.1) is 0 Å². The monoisotopic (exact) mass is 262 g/mol. The summed E-state index contributed by atoms with van der Waals surface area (Å²) in [6, 6.07) is 7.52. The van der Waals surface area contributed by atoms with E-state index in [0.717, 1.165) is 17.3 Å². The fraction of sp³-hybridized carbons (Fsp3) is 0.267. The highest BCUT2D eigenvalue weighted by atomic mass is 19.1. The molecule has 1 aromatic heterocycles. The van der Waals surface area contributed by atoms with Gasteiger partial charge in [-0.25, -0.2) is 8.78 Å². The van der Waals surface area contributed by atoms with Crippen molar-refractivity contribution in [1.82, 2.24) is 10.3 Å². The van der Waals surface area contributed by atoms with Crippen molar-refractivity contribution in [3.8, 4) is 0 Å². The number of hydrogen-bond donors (Lipinski definition) is 1. The third-order valence-corrected chi connectivity index (χ3v) is 3.11. The quantitative estimate of drug-likeness (QED) is 0.915. The molecule has 0 bridgehead atoms. The van der Waals surface area contributed by atoms with Gasteiger partial charge in [-0.1, -0.05) is 6.07 Å². The Bertz CT molecular complexity index is 570. The fourth-order valence-electron chi connectivity index (χ4n) is 2.08. The van der Waals surface area contributed by atoms with Crippen molar-refractivity contribution in [3.05, 3.63) is 65.0 Å².